The lowest BCUT2D eigenvalue weighted by Crippen LogP contribution is -2.41. The van der Waals surface area contributed by atoms with Crippen LogP contribution in [0.5, 0.6) is 0 Å². The maximum Gasteiger partial charge on any atom is 0.416 e. The summed E-state index contributed by atoms with van der Waals surface area (Å²) in [5.41, 5.74) is -0.899. The van der Waals surface area contributed by atoms with E-state index >= 15 is 0 Å². The lowest BCUT2D eigenvalue weighted by atomic mass is 10.0. The van der Waals surface area contributed by atoms with Crippen LogP contribution in [0.3, 0.4) is 0 Å². The molecule has 25 heavy (non-hydrogen) atoms. The molecular weight excluding hydrogens is 335 g/mol. The molecule has 0 unspecified atom stereocenters. The molecule has 1 saturated carbocycles. The second kappa shape index (κ2) is 8.47. The van der Waals surface area contributed by atoms with E-state index in [1.165, 1.54) is 12.1 Å². The number of alkyl halides is 3. The first-order chi connectivity index (χ1) is 11.8. The summed E-state index contributed by atoms with van der Waals surface area (Å²) in [4.78, 5) is 24.1. The van der Waals surface area contributed by atoms with Crippen LogP contribution in [-0.4, -0.2) is 30.4 Å². The van der Waals surface area contributed by atoms with Gasteiger partial charge in [-0.05, 0) is 38.3 Å². The van der Waals surface area contributed by atoms with Crippen molar-refractivity contribution in [2.45, 2.75) is 57.3 Å². The number of ether oxygens (including phenoxy) is 1. The topological polar surface area (TPSA) is 55.4 Å². The number of halogens is 3. The quantitative estimate of drug-likeness (QED) is 0.757. The van der Waals surface area contributed by atoms with Crippen molar-refractivity contribution in [3.63, 3.8) is 0 Å². The fourth-order valence-electron chi connectivity index (χ4n) is 3.02. The molecule has 4 nitrogen and oxygen atoms in total. The van der Waals surface area contributed by atoms with Crippen molar-refractivity contribution in [3.05, 3.63) is 35.4 Å². The Kier molecular flexibility index (Phi) is 6.58. The highest BCUT2D eigenvalue weighted by Crippen LogP contribution is 2.29. The maximum absolute atomic E-state index is 12.7. The molecule has 1 aromatic carbocycles. The molecule has 0 bridgehead atoms. The van der Waals surface area contributed by atoms with Crippen LogP contribution in [0.2, 0.25) is 0 Å². The van der Waals surface area contributed by atoms with E-state index in [0.29, 0.717) is 6.61 Å². The highest BCUT2D eigenvalue weighted by atomic mass is 19.4. The SMILES string of the molecule is CCO[C@H]1CCC[C@@H]1NC(=O)CCC(=O)c1cccc(C(F)(F)F)c1. The van der Waals surface area contributed by atoms with Gasteiger partial charge >= 0.3 is 6.18 Å². The molecule has 0 radical (unpaired) electrons. The van der Waals surface area contributed by atoms with Crippen molar-refractivity contribution in [1.82, 2.24) is 5.32 Å². The van der Waals surface area contributed by atoms with Gasteiger partial charge in [-0.3, -0.25) is 9.59 Å². The van der Waals surface area contributed by atoms with E-state index in [9.17, 15) is 22.8 Å². The Morgan fingerprint density at radius 1 is 1.24 bits per heavy atom. The number of carbonyl (C=O) groups is 2. The number of hydrogen-bond acceptors (Lipinski definition) is 3. The van der Waals surface area contributed by atoms with Crippen LogP contribution in [0.15, 0.2) is 24.3 Å². The summed E-state index contributed by atoms with van der Waals surface area (Å²) < 4.78 is 43.6. The predicted octanol–water partition coefficient (Wildman–Crippen LogP) is 3.74. The van der Waals surface area contributed by atoms with Gasteiger partial charge in [0.05, 0.1) is 17.7 Å². The Hall–Kier alpha value is -1.89. The van der Waals surface area contributed by atoms with Gasteiger partial charge in [0.15, 0.2) is 5.78 Å². The number of nitrogens with one attached hydrogen (secondary N) is 1. The lowest BCUT2D eigenvalue weighted by molar-refractivity contribution is -0.137. The summed E-state index contributed by atoms with van der Waals surface area (Å²) in [6, 6.07) is 4.20. The van der Waals surface area contributed by atoms with Gasteiger partial charge in [0.2, 0.25) is 5.91 Å². The van der Waals surface area contributed by atoms with Gasteiger partial charge in [-0.25, -0.2) is 0 Å². The van der Waals surface area contributed by atoms with E-state index < -0.39 is 17.5 Å². The predicted molar refractivity (Wildman–Crippen MR) is 86.2 cm³/mol. The van der Waals surface area contributed by atoms with Crippen LogP contribution in [0.25, 0.3) is 0 Å². The minimum absolute atomic E-state index is 0.00637. The number of rotatable bonds is 7. The number of hydrogen-bond donors (Lipinski definition) is 1. The zero-order valence-corrected chi connectivity index (χ0v) is 14.1. The summed E-state index contributed by atoms with van der Waals surface area (Å²) in [5, 5.41) is 2.86. The molecule has 2 atom stereocenters. The molecule has 0 aromatic heterocycles. The number of amides is 1. The van der Waals surface area contributed by atoms with Crippen molar-refractivity contribution in [2.24, 2.45) is 0 Å². The van der Waals surface area contributed by atoms with Crippen LogP contribution in [-0.2, 0) is 15.7 Å². The standard InChI is InChI=1S/C18H22F3NO3/c1-2-25-16-8-4-7-14(16)22-17(24)10-9-15(23)12-5-3-6-13(11-12)18(19,20)21/h3,5-6,11,14,16H,2,4,7-10H2,1H3,(H,22,24)/t14-,16-/m0/s1. The monoisotopic (exact) mass is 357 g/mol. The number of ketones is 1. The van der Waals surface area contributed by atoms with E-state index in [1.54, 1.807) is 0 Å². The largest absolute Gasteiger partial charge is 0.416 e. The Labute approximate surface area is 144 Å². The summed E-state index contributed by atoms with van der Waals surface area (Å²) in [6.45, 7) is 2.47. The average molecular weight is 357 g/mol. The van der Waals surface area contributed by atoms with Gasteiger partial charge in [-0.1, -0.05) is 12.1 Å². The van der Waals surface area contributed by atoms with Gasteiger partial charge in [-0.2, -0.15) is 13.2 Å². The maximum atomic E-state index is 12.7. The first kappa shape index (κ1) is 19.4. The molecule has 1 N–H and O–H groups in total. The second-order valence-electron chi connectivity index (χ2n) is 6.10. The van der Waals surface area contributed by atoms with Gasteiger partial charge < -0.3 is 10.1 Å². The third-order valence-corrected chi connectivity index (χ3v) is 4.27. The molecule has 0 aliphatic heterocycles. The van der Waals surface area contributed by atoms with Gasteiger partial charge in [0.25, 0.3) is 0 Å². The number of benzene rings is 1. The van der Waals surface area contributed by atoms with E-state index in [0.717, 1.165) is 31.4 Å². The van der Waals surface area contributed by atoms with Crippen molar-refractivity contribution >= 4 is 11.7 Å². The summed E-state index contributed by atoms with van der Waals surface area (Å²) in [6.07, 6.45) is -1.99. The van der Waals surface area contributed by atoms with Crippen LogP contribution in [0.1, 0.15) is 54.9 Å². The van der Waals surface area contributed by atoms with Crippen LogP contribution in [0.4, 0.5) is 13.2 Å². The Morgan fingerprint density at radius 3 is 2.68 bits per heavy atom. The third kappa shape index (κ3) is 5.56. The zero-order chi connectivity index (χ0) is 18.4. The minimum atomic E-state index is -4.50. The zero-order valence-electron chi connectivity index (χ0n) is 14.1. The second-order valence-corrected chi connectivity index (χ2v) is 6.10. The van der Waals surface area contributed by atoms with E-state index in [1.807, 2.05) is 6.92 Å². The fraction of sp³-hybridized carbons (Fsp3) is 0.556. The van der Waals surface area contributed by atoms with Crippen LogP contribution in [0, 0.1) is 0 Å². The summed E-state index contributed by atoms with van der Waals surface area (Å²) in [5.74, 6) is -0.758. The van der Waals surface area contributed by atoms with Crippen LogP contribution < -0.4 is 5.32 Å². The molecule has 0 spiro atoms. The van der Waals surface area contributed by atoms with Gasteiger partial charge in [0, 0.05) is 25.0 Å². The number of Topliss-reactive ketones (excluding diaryl/α,β-unsaturated/α-hetero) is 1. The first-order valence-corrected chi connectivity index (χ1v) is 8.42. The van der Waals surface area contributed by atoms with Gasteiger partial charge in [-0.15, -0.1) is 0 Å². The number of carbonyl (C=O) groups excluding carboxylic acids is 2. The van der Waals surface area contributed by atoms with Crippen LogP contribution >= 0.6 is 0 Å². The molecule has 138 valence electrons. The molecular formula is C18H22F3NO3. The Morgan fingerprint density at radius 2 is 2.00 bits per heavy atom. The normalized spacial score (nSPS) is 20.5. The molecule has 2 rings (SSSR count). The summed E-state index contributed by atoms with van der Waals surface area (Å²) in [7, 11) is 0. The molecule has 1 aromatic rings. The average Bonchev–Trinajstić information content (AvgIpc) is 2.99. The Bertz CT molecular complexity index is 616. The van der Waals surface area contributed by atoms with Crippen molar-refractivity contribution in [3.8, 4) is 0 Å². The van der Waals surface area contributed by atoms with E-state index in [2.05, 4.69) is 5.32 Å². The highest BCUT2D eigenvalue weighted by Gasteiger charge is 2.31. The van der Waals surface area contributed by atoms with Crippen molar-refractivity contribution in [2.75, 3.05) is 6.61 Å². The summed E-state index contributed by atoms with van der Waals surface area (Å²) >= 11 is 0. The fourth-order valence-corrected chi connectivity index (χ4v) is 3.02. The van der Waals surface area contributed by atoms with E-state index in [4.69, 9.17) is 4.74 Å². The molecule has 1 fully saturated rings. The molecule has 1 amide bonds. The van der Waals surface area contributed by atoms with Gasteiger partial charge in [0.1, 0.15) is 0 Å². The molecule has 0 heterocycles. The smallest absolute Gasteiger partial charge is 0.376 e. The molecule has 0 saturated heterocycles. The third-order valence-electron chi connectivity index (χ3n) is 4.27. The van der Waals surface area contributed by atoms with E-state index in [-0.39, 0.29) is 36.5 Å². The molecule has 1 aliphatic carbocycles. The highest BCUT2D eigenvalue weighted by molar-refractivity contribution is 5.98. The molecule has 7 heteroatoms. The van der Waals surface area contributed by atoms with Crippen molar-refractivity contribution < 1.29 is 27.5 Å². The lowest BCUT2D eigenvalue weighted by Gasteiger charge is -2.20. The molecule has 1 aliphatic rings. The first-order valence-electron chi connectivity index (χ1n) is 8.42. The minimum Gasteiger partial charge on any atom is -0.376 e. The Balaban J connectivity index is 1.86. The van der Waals surface area contributed by atoms with Crippen molar-refractivity contribution in [1.29, 1.82) is 0 Å².